The van der Waals surface area contributed by atoms with Crippen molar-refractivity contribution < 1.29 is 14.3 Å². The maximum absolute atomic E-state index is 13.4. The van der Waals surface area contributed by atoms with Gasteiger partial charge in [0.1, 0.15) is 0 Å². The summed E-state index contributed by atoms with van der Waals surface area (Å²) in [7, 11) is 0. The molecule has 158 valence electrons. The predicted molar refractivity (Wildman–Crippen MR) is 122 cm³/mol. The summed E-state index contributed by atoms with van der Waals surface area (Å²) in [6.07, 6.45) is 1.27. The molecular weight excluding hydrogens is 414 g/mol. The summed E-state index contributed by atoms with van der Waals surface area (Å²) in [6, 6.07) is 8.24. The fourth-order valence-electron chi connectivity index (χ4n) is 4.25. The van der Waals surface area contributed by atoms with Crippen LogP contribution in [0.25, 0.3) is 0 Å². The lowest BCUT2D eigenvalue weighted by molar-refractivity contribution is -0.140. The minimum Gasteiger partial charge on any atom is -0.462 e. The largest absolute Gasteiger partial charge is 0.462 e. The Morgan fingerprint density at radius 2 is 2.00 bits per heavy atom. The van der Waals surface area contributed by atoms with Crippen LogP contribution in [-0.4, -0.2) is 18.4 Å². The minimum atomic E-state index is -0.351. The van der Waals surface area contributed by atoms with Crippen LogP contribution in [0.2, 0.25) is 0 Å². The van der Waals surface area contributed by atoms with E-state index in [0.29, 0.717) is 18.6 Å². The highest BCUT2D eigenvalue weighted by atomic mass is 32.1. The number of hydrogen-bond acceptors (Lipinski definition) is 6. The Balaban J connectivity index is 1.75. The molecule has 4 nitrogen and oxygen atoms in total. The van der Waals surface area contributed by atoms with Crippen LogP contribution >= 0.6 is 22.7 Å². The maximum Gasteiger partial charge on any atom is 0.336 e. The number of allylic oxidation sites excluding steroid dienone is 3. The first kappa shape index (κ1) is 21.1. The zero-order chi connectivity index (χ0) is 21.4. The van der Waals surface area contributed by atoms with Crippen LogP contribution < -0.4 is 5.32 Å². The summed E-state index contributed by atoms with van der Waals surface area (Å²) in [6.45, 7) is 8.37. The molecule has 2 atom stereocenters. The Morgan fingerprint density at radius 1 is 1.20 bits per heavy atom. The average molecular weight is 442 g/mol. The standard InChI is InChI=1S/C24H27NO3S2/c1-13(2)12-28-24(27)21-15(4)25-17-10-16(19-6-5-9-29-19)11-18(26)22(17)23(21)20-8-7-14(3)30-20/h5-9,13,16,23,25H,10-12H2,1-4H3/t16-,23+/m0/s1. The monoisotopic (exact) mass is 441 g/mol. The quantitative estimate of drug-likeness (QED) is 0.607. The van der Waals surface area contributed by atoms with Gasteiger partial charge in [0.05, 0.1) is 18.1 Å². The molecule has 0 saturated heterocycles. The molecule has 2 aromatic heterocycles. The molecule has 0 spiro atoms. The Labute approximate surface area is 185 Å². The number of carbonyl (C=O) groups excluding carboxylic acids is 2. The highest BCUT2D eigenvalue weighted by Gasteiger charge is 2.42. The Kier molecular flexibility index (Phi) is 5.98. The van der Waals surface area contributed by atoms with Gasteiger partial charge in [-0.25, -0.2) is 4.79 Å². The van der Waals surface area contributed by atoms with Gasteiger partial charge in [0.25, 0.3) is 0 Å². The van der Waals surface area contributed by atoms with E-state index in [1.54, 1.807) is 22.7 Å². The molecule has 0 amide bonds. The van der Waals surface area contributed by atoms with Crippen molar-refractivity contribution in [1.29, 1.82) is 0 Å². The fraction of sp³-hybridized carbons (Fsp3) is 0.417. The molecule has 3 heterocycles. The van der Waals surface area contributed by atoms with Gasteiger partial charge in [0.15, 0.2) is 5.78 Å². The third kappa shape index (κ3) is 4.03. The summed E-state index contributed by atoms with van der Waals surface area (Å²) in [5.41, 5.74) is 3.06. The molecule has 1 N–H and O–H groups in total. The number of hydrogen-bond donors (Lipinski definition) is 1. The zero-order valence-corrected chi connectivity index (χ0v) is 19.4. The number of thiophene rings is 2. The van der Waals surface area contributed by atoms with E-state index in [-0.39, 0.29) is 29.5 Å². The molecule has 0 fully saturated rings. The third-order valence-electron chi connectivity index (χ3n) is 5.59. The molecule has 1 aliphatic heterocycles. The second kappa shape index (κ2) is 8.52. The summed E-state index contributed by atoms with van der Waals surface area (Å²) >= 11 is 3.34. The van der Waals surface area contributed by atoms with Gasteiger partial charge in [0.2, 0.25) is 0 Å². The Hall–Kier alpha value is -2.18. The molecule has 2 aromatic rings. The number of rotatable bonds is 5. The van der Waals surface area contributed by atoms with E-state index >= 15 is 0 Å². The second-order valence-corrected chi connectivity index (χ2v) is 10.8. The lowest BCUT2D eigenvalue weighted by Gasteiger charge is -2.36. The van der Waals surface area contributed by atoms with Crippen molar-refractivity contribution in [2.75, 3.05) is 6.61 Å². The van der Waals surface area contributed by atoms with E-state index in [2.05, 4.69) is 22.8 Å². The maximum atomic E-state index is 13.4. The van der Waals surface area contributed by atoms with Crippen LogP contribution in [0.3, 0.4) is 0 Å². The lowest BCUT2D eigenvalue weighted by atomic mass is 9.74. The van der Waals surface area contributed by atoms with Crippen molar-refractivity contribution in [3.8, 4) is 0 Å². The molecule has 0 unspecified atom stereocenters. The van der Waals surface area contributed by atoms with E-state index < -0.39 is 0 Å². The van der Waals surface area contributed by atoms with Crippen LogP contribution in [-0.2, 0) is 14.3 Å². The van der Waals surface area contributed by atoms with Crippen molar-refractivity contribution in [3.63, 3.8) is 0 Å². The molecule has 30 heavy (non-hydrogen) atoms. The van der Waals surface area contributed by atoms with E-state index in [1.165, 1.54) is 4.88 Å². The van der Waals surface area contributed by atoms with Gasteiger partial charge in [-0.1, -0.05) is 19.9 Å². The smallest absolute Gasteiger partial charge is 0.336 e. The van der Waals surface area contributed by atoms with Gasteiger partial charge in [-0.3, -0.25) is 4.79 Å². The summed E-state index contributed by atoms with van der Waals surface area (Å²) in [5, 5.41) is 5.47. The summed E-state index contributed by atoms with van der Waals surface area (Å²) < 4.78 is 5.60. The molecule has 1 aliphatic carbocycles. The van der Waals surface area contributed by atoms with Crippen molar-refractivity contribution in [3.05, 3.63) is 66.8 Å². The topological polar surface area (TPSA) is 55.4 Å². The van der Waals surface area contributed by atoms with Crippen LogP contribution in [0.1, 0.15) is 60.1 Å². The van der Waals surface area contributed by atoms with Gasteiger partial charge < -0.3 is 10.1 Å². The van der Waals surface area contributed by atoms with Crippen molar-refractivity contribution in [1.82, 2.24) is 5.32 Å². The Morgan fingerprint density at radius 3 is 2.63 bits per heavy atom. The first-order valence-electron chi connectivity index (χ1n) is 10.4. The molecule has 0 aromatic carbocycles. The van der Waals surface area contributed by atoms with Gasteiger partial charge in [-0.05, 0) is 49.8 Å². The highest BCUT2D eigenvalue weighted by Crippen LogP contribution is 2.47. The lowest BCUT2D eigenvalue weighted by Crippen LogP contribution is -2.36. The number of aryl methyl sites for hydroxylation is 1. The number of dihydropyridines is 1. The van der Waals surface area contributed by atoms with Crippen LogP contribution in [0.15, 0.2) is 52.2 Å². The molecule has 0 saturated carbocycles. The van der Waals surface area contributed by atoms with Crippen molar-refractivity contribution in [2.24, 2.45) is 5.92 Å². The summed E-state index contributed by atoms with van der Waals surface area (Å²) in [5.74, 6) is -0.107. The van der Waals surface area contributed by atoms with Gasteiger partial charge in [-0.15, -0.1) is 22.7 Å². The predicted octanol–water partition coefficient (Wildman–Crippen LogP) is 5.68. The SMILES string of the molecule is CC1=C(C(=O)OCC(C)C)[C@@H](c2ccc(C)s2)C2=C(C[C@H](c3cccs3)CC2=O)N1. The average Bonchev–Trinajstić information content (AvgIpc) is 3.36. The number of carbonyl (C=O) groups is 2. The molecule has 0 bridgehead atoms. The third-order valence-corrected chi connectivity index (χ3v) is 7.69. The molecular formula is C24H27NO3S2. The zero-order valence-electron chi connectivity index (χ0n) is 17.8. The fourth-order valence-corrected chi connectivity index (χ4v) is 6.08. The number of ketones is 1. The van der Waals surface area contributed by atoms with E-state index in [1.807, 2.05) is 39.8 Å². The summed E-state index contributed by atoms with van der Waals surface area (Å²) in [4.78, 5) is 29.9. The second-order valence-electron chi connectivity index (χ2n) is 8.47. The highest BCUT2D eigenvalue weighted by molar-refractivity contribution is 7.12. The van der Waals surface area contributed by atoms with E-state index in [0.717, 1.165) is 33.1 Å². The van der Waals surface area contributed by atoms with Crippen molar-refractivity contribution in [2.45, 2.75) is 52.4 Å². The molecule has 4 rings (SSSR count). The Bertz CT molecular complexity index is 1030. The first-order valence-corrected chi connectivity index (χ1v) is 12.1. The van der Waals surface area contributed by atoms with Gasteiger partial charge in [-0.2, -0.15) is 0 Å². The van der Waals surface area contributed by atoms with Gasteiger partial charge >= 0.3 is 5.97 Å². The van der Waals surface area contributed by atoms with E-state index in [4.69, 9.17) is 4.74 Å². The molecule has 6 heteroatoms. The van der Waals surface area contributed by atoms with Crippen LogP contribution in [0.4, 0.5) is 0 Å². The number of esters is 1. The minimum absolute atomic E-state index is 0.125. The van der Waals surface area contributed by atoms with E-state index in [9.17, 15) is 9.59 Å². The van der Waals surface area contributed by atoms with Crippen molar-refractivity contribution >= 4 is 34.4 Å². The molecule has 0 radical (unpaired) electrons. The first-order chi connectivity index (χ1) is 14.3. The van der Waals surface area contributed by atoms with Crippen LogP contribution in [0.5, 0.6) is 0 Å². The van der Waals surface area contributed by atoms with Crippen LogP contribution in [0, 0.1) is 12.8 Å². The number of Topliss-reactive ketones (excluding diaryl/α,β-unsaturated/α-hetero) is 1. The molecule has 2 aliphatic rings. The normalized spacial score (nSPS) is 21.7. The van der Waals surface area contributed by atoms with Gasteiger partial charge in [0, 0.05) is 43.9 Å². The number of ether oxygens (including phenoxy) is 1. The number of nitrogens with one attached hydrogen (secondary N) is 1.